The summed E-state index contributed by atoms with van der Waals surface area (Å²) >= 11 is 0. The first kappa shape index (κ1) is 99.5. The summed E-state index contributed by atoms with van der Waals surface area (Å²) in [5.41, 5.74) is 2.78. The van der Waals surface area contributed by atoms with Crippen LogP contribution in [0.25, 0.3) is 33.4 Å². The molecule has 8 aliphatic rings. The van der Waals surface area contributed by atoms with E-state index in [1.54, 1.807) is 84.9 Å². The number of aryl methyl sites for hydroxylation is 1. The standard InChI is InChI=1S/C37H40F4N6O2.C35H42F4N6O2.C30H33F4N5O2/c1-25-3-5-26(6-4-25)23-45-13-15-46(16-14-45)24-27-7-9-32(38)29(19-27)28-8-10-34(47-17-11-44(2)12-18-47)33(20-28)43-36(49)30-22-42-35(48)21-31(30)37(39,40)41;1-42-15-17-45(18-16-42)32-8-6-25(20-31(32)41-34(47)28-22-40-33(46)21-29(28)35(37,38)39)27-19-24(5-7-30(27)36)23-43-13-9-26(10-14-43)44-11-3-2-4-12-44;1-19-13-25(30(32,33)34)24(16-35-19)29(41)36-27-15-21(4-6-28(27)39-11-9-37(2)10-12-39)23-14-20(3-5-26(23)31)17-38-8-7-22(40)18-38/h3-10,19-22H,11-18,23-24H2,1-2H3,(H,42,48)(H,43,49);5-8,19-22,26H,2-4,9-18,23H2,1H3,(H,40,46)(H,41,47);3-6,13-16,22,35,40H,1,7-12,17-18H2,2H3,(H,36,41)/t;;22-/m..0/s1. The van der Waals surface area contributed by atoms with Crippen LogP contribution in [-0.2, 0) is 43.3 Å². The van der Waals surface area contributed by atoms with Crippen LogP contribution in [0, 0.1) is 24.4 Å². The van der Waals surface area contributed by atoms with E-state index in [2.05, 4.69) is 118 Å². The topological polar surface area (TPSA) is 221 Å². The predicted octanol–water partition coefficient (Wildman–Crippen LogP) is 15.7. The predicted molar refractivity (Wildman–Crippen MR) is 509 cm³/mol. The lowest BCUT2D eigenvalue weighted by atomic mass is 9.98. The van der Waals surface area contributed by atoms with Gasteiger partial charge in [0.1, 0.15) is 17.5 Å². The molecule has 7 aromatic carbocycles. The molecule has 17 rings (SSSR count). The molecule has 0 bridgehead atoms. The highest BCUT2D eigenvalue weighted by atomic mass is 19.4. The van der Waals surface area contributed by atoms with Crippen molar-refractivity contribution in [2.24, 2.45) is 0 Å². The number of allylic oxidation sites excluding steroid dienone is 1. The number of aliphatic hydroxyl groups excluding tert-OH is 1. The Hall–Kier alpha value is -11.9. The van der Waals surface area contributed by atoms with Gasteiger partial charge in [-0.05, 0) is 204 Å². The molecule has 0 spiro atoms. The van der Waals surface area contributed by atoms with Crippen LogP contribution in [0.15, 0.2) is 203 Å². The number of β-amino-alcohol motifs (C(OH)–C–C–N with tert-alkyl or cyclic N) is 1. The Kier molecular flexibility index (Phi) is 31.8. The number of rotatable bonds is 21. The van der Waals surface area contributed by atoms with Crippen LogP contribution < -0.4 is 47.1 Å². The zero-order valence-corrected chi connectivity index (χ0v) is 77.1. The molecule has 7 fully saturated rings. The lowest BCUT2D eigenvalue weighted by Gasteiger charge is -2.40. The van der Waals surface area contributed by atoms with Gasteiger partial charge in [-0.3, -0.25) is 43.6 Å². The molecule has 9 aromatic rings. The van der Waals surface area contributed by atoms with Gasteiger partial charge in [0, 0.05) is 203 Å². The number of hydrogen-bond donors (Lipinski definition) is 7. The van der Waals surface area contributed by atoms with Crippen LogP contribution in [0.5, 0.6) is 0 Å². The summed E-state index contributed by atoms with van der Waals surface area (Å²) in [6.07, 6.45) is -4.80. The number of likely N-dealkylation sites (N-methyl/N-ethyl adjacent to an activating group) is 3. The molecule has 2 aromatic heterocycles. The van der Waals surface area contributed by atoms with Crippen LogP contribution in [0.4, 0.5) is 86.8 Å². The molecule has 137 heavy (non-hydrogen) atoms. The van der Waals surface area contributed by atoms with Crippen molar-refractivity contribution in [2.75, 3.05) is 196 Å². The number of hydrogen-bond acceptors (Lipinski definition) is 18. The fraction of sp³-hybridized carbons (Fsp3) is 0.402. The van der Waals surface area contributed by atoms with E-state index < -0.39 is 98.2 Å². The Morgan fingerprint density at radius 1 is 0.416 bits per heavy atom. The molecule has 0 radical (unpaired) electrons. The van der Waals surface area contributed by atoms with E-state index in [0.717, 1.165) is 146 Å². The number of benzene rings is 7. The minimum Gasteiger partial charge on any atom is -0.392 e. The smallest absolute Gasteiger partial charge is 0.392 e. The van der Waals surface area contributed by atoms with Crippen molar-refractivity contribution >= 4 is 51.8 Å². The van der Waals surface area contributed by atoms with Gasteiger partial charge in [-0.25, -0.2) is 13.2 Å². The summed E-state index contributed by atoms with van der Waals surface area (Å²) in [4.78, 5) is 92.3. The Bertz CT molecular complexity index is 6000. The molecule has 8 aliphatic heterocycles. The molecule has 3 amide bonds. The van der Waals surface area contributed by atoms with Gasteiger partial charge in [0.15, 0.2) is 0 Å². The number of anilines is 6. The van der Waals surface area contributed by atoms with Gasteiger partial charge < -0.3 is 70.6 Å². The minimum absolute atomic E-state index is 0.0211. The van der Waals surface area contributed by atoms with E-state index in [-0.39, 0.29) is 28.9 Å². The fourth-order valence-electron chi connectivity index (χ4n) is 18.9. The average molecular weight is 1900 g/mol. The number of nitrogens with zero attached hydrogens (tertiary/aromatic N) is 11. The second-order valence-electron chi connectivity index (χ2n) is 36.7. The molecule has 35 heteroatoms. The number of amides is 3. The number of carbonyl (C=O) groups is 3. The number of nitrogens with one attached hydrogen (secondary N) is 6. The summed E-state index contributed by atoms with van der Waals surface area (Å²) < 4.78 is 170. The number of dihydropyridines is 1. The van der Waals surface area contributed by atoms with Crippen molar-refractivity contribution in [3.05, 3.63) is 282 Å². The largest absolute Gasteiger partial charge is 0.417 e. The number of likely N-dealkylation sites (tertiary alicyclic amines) is 3. The molecular formula is C102H115F12N17O6. The summed E-state index contributed by atoms with van der Waals surface area (Å²) in [7, 11) is 6.01. The second-order valence-corrected chi connectivity index (χ2v) is 36.7. The van der Waals surface area contributed by atoms with Crippen molar-refractivity contribution in [1.82, 2.24) is 54.5 Å². The van der Waals surface area contributed by atoms with Crippen molar-refractivity contribution in [3.8, 4) is 33.4 Å². The third-order valence-corrected chi connectivity index (χ3v) is 26.7. The first-order valence-electron chi connectivity index (χ1n) is 46.4. The monoisotopic (exact) mass is 1900 g/mol. The summed E-state index contributed by atoms with van der Waals surface area (Å²) in [5, 5.41) is 20.4. The van der Waals surface area contributed by atoms with Crippen LogP contribution in [0.1, 0.15) is 98.2 Å². The average Bonchev–Trinajstić information content (AvgIpc) is 1.75. The summed E-state index contributed by atoms with van der Waals surface area (Å²) in [6.45, 7) is 26.0. The van der Waals surface area contributed by atoms with Gasteiger partial charge in [-0.2, -0.15) is 39.5 Å². The van der Waals surface area contributed by atoms with E-state index in [9.17, 15) is 68.6 Å². The van der Waals surface area contributed by atoms with Crippen molar-refractivity contribution < 1.29 is 72.2 Å². The molecule has 1 atom stereocenters. The van der Waals surface area contributed by atoms with E-state index in [1.807, 2.05) is 32.1 Å². The van der Waals surface area contributed by atoms with Gasteiger partial charge in [0.05, 0.1) is 73.6 Å². The van der Waals surface area contributed by atoms with Gasteiger partial charge in [0.2, 0.25) is 11.1 Å². The van der Waals surface area contributed by atoms with Crippen LogP contribution in [-0.4, -0.2) is 255 Å². The lowest BCUT2D eigenvalue weighted by molar-refractivity contribution is -0.138. The number of pyridine rings is 2. The number of carbonyl (C=O) groups excluding carboxylic acids is 3. The third-order valence-electron chi connectivity index (χ3n) is 26.7. The Morgan fingerprint density at radius 2 is 0.781 bits per heavy atom. The lowest BCUT2D eigenvalue weighted by Crippen LogP contribution is -2.46. The van der Waals surface area contributed by atoms with Gasteiger partial charge in [-0.15, -0.1) is 0 Å². The zero-order valence-electron chi connectivity index (χ0n) is 77.1. The maximum atomic E-state index is 15.4. The highest BCUT2D eigenvalue weighted by Crippen LogP contribution is 2.43. The Balaban J connectivity index is 0.000000157. The van der Waals surface area contributed by atoms with Crippen molar-refractivity contribution in [2.45, 2.75) is 102 Å². The van der Waals surface area contributed by atoms with Gasteiger partial charge in [-0.1, -0.05) is 79.2 Å². The molecule has 0 unspecified atom stereocenters. The van der Waals surface area contributed by atoms with Crippen LogP contribution in [0.2, 0.25) is 0 Å². The van der Waals surface area contributed by atoms with Crippen LogP contribution in [0.3, 0.4) is 0 Å². The highest BCUT2D eigenvalue weighted by molar-refractivity contribution is 6.10. The maximum absolute atomic E-state index is 15.4. The van der Waals surface area contributed by atoms with Gasteiger partial charge in [0.25, 0.3) is 17.7 Å². The molecule has 7 saturated heterocycles. The highest BCUT2D eigenvalue weighted by Gasteiger charge is 2.42. The number of aromatic nitrogens is 2. The zero-order chi connectivity index (χ0) is 97.1. The Morgan fingerprint density at radius 3 is 1.16 bits per heavy atom. The second kappa shape index (κ2) is 43.8. The number of H-pyrrole nitrogens is 2. The van der Waals surface area contributed by atoms with E-state index >= 15 is 13.2 Å². The summed E-state index contributed by atoms with van der Waals surface area (Å²) in [5.74, 6) is -4.34. The molecule has 0 saturated carbocycles. The molecule has 10 heterocycles. The normalized spacial score (nSPS) is 18.6. The SMILES string of the molecule is C=C1C=C(C(F)(F)F)C(C(=O)Nc2cc(-c3cc(CN4CC[C@H](O)C4)ccc3F)ccc2N2CCN(C)CC2)=CN1.CN1CCN(c2ccc(-c3cc(CN4CCC(N5CCCCC5)CC4)ccc3F)cc2NC(=O)c2c[nH]c(=O)cc2C(F)(F)F)CC1.Cc1ccc(CN2CCN(Cc3ccc(F)c(-c4ccc(N5CCN(C)CC5)c(NC(=O)c5c[nH]c(=O)cc5C(F)(F)F)c4)c3)CC2)cc1. The third kappa shape index (κ3) is 25.7. The van der Waals surface area contributed by atoms with Crippen molar-refractivity contribution in [1.29, 1.82) is 0 Å². The number of aromatic amines is 2. The van der Waals surface area contributed by atoms with Crippen molar-refractivity contribution in [3.63, 3.8) is 0 Å². The number of piperazine rings is 4. The first-order chi connectivity index (χ1) is 65.4. The van der Waals surface area contributed by atoms with E-state index in [1.165, 1.54) is 61.7 Å². The van der Waals surface area contributed by atoms with Gasteiger partial charge >= 0.3 is 18.5 Å². The first-order valence-corrected chi connectivity index (χ1v) is 46.4. The number of alkyl halides is 9. The van der Waals surface area contributed by atoms with Crippen LogP contribution >= 0.6 is 0 Å². The fourth-order valence-corrected chi connectivity index (χ4v) is 18.9. The Labute approximate surface area is 788 Å². The molecule has 0 aliphatic carbocycles. The maximum Gasteiger partial charge on any atom is 0.417 e. The molecular weight excluding hydrogens is 1790 g/mol. The summed E-state index contributed by atoms with van der Waals surface area (Å²) in [6, 6.07) is 40.4. The molecule has 7 N–H and O–H groups in total. The van der Waals surface area contributed by atoms with E-state index in [4.69, 9.17) is 0 Å². The number of piperidine rings is 2. The van der Waals surface area contributed by atoms with E-state index in [0.29, 0.717) is 140 Å². The number of aliphatic hydroxyl groups is 1. The quantitative estimate of drug-likeness (QED) is 0.0333. The molecule has 728 valence electrons. The molecule has 23 nitrogen and oxygen atoms in total. The number of halogens is 12. The minimum atomic E-state index is -4.92.